The van der Waals surface area contributed by atoms with Gasteiger partial charge in [0, 0.05) is 19.1 Å². The lowest BCUT2D eigenvalue weighted by Crippen LogP contribution is -2.52. The van der Waals surface area contributed by atoms with Crippen LogP contribution in [0.25, 0.3) is 0 Å². The maximum atomic E-state index is 12.4. The minimum Gasteiger partial charge on any atom is -0.493 e. The van der Waals surface area contributed by atoms with Gasteiger partial charge in [-0.15, -0.1) is 12.4 Å². The molecule has 7 heteroatoms. The molecule has 0 aromatic heterocycles. The second-order valence-corrected chi connectivity index (χ2v) is 6.53. The number of piperidine rings is 1. The molecule has 0 bridgehead atoms. The highest BCUT2D eigenvalue weighted by Gasteiger charge is 2.26. The molecule has 0 spiro atoms. The Morgan fingerprint density at radius 1 is 1.31 bits per heavy atom. The summed E-state index contributed by atoms with van der Waals surface area (Å²) in [4.78, 5) is 14.7. The third kappa shape index (κ3) is 6.04. The molecule has 2 N–H and O–H groups in total. The number of hydrogen-bond acceptors (Lipinski definition) is 5. The second-order valence-electron chi connectivity index (χ2n) is 6.53. The van der Waals surface area contributed by atoms with Crippen molar-refractivity contribution in [1.29, 1.82) is 0 Å². The van der Waals surface area contributed by atoms with Crippen molar-refractivity contribution in [1.82, 2.24) is 15.5 Å². The molecule has 0 saturated carbocycles. The molecule has 2 atom stereocenters. The van der Waals surface area contributed by atoms with E-state index in [1.54, 1.807) is 14.2 Å². The molecule has 1 heterocycles. The molecule has 1 amide bonds. The lowest BCUT2D eigenvalue weighted by atomic mass is 10.0. The first-order valence-corrected chi connectivity index (χ1v) is 8.99. The van der Waals surface area contributed by atoms with Gasteiger partial charge < -0.3 is 20.1 Å². The number of rotatable bonds is 8. The summed E-state index contributed by atoms with van der Waals surface area (Å²) in [6.45, 7) is 4.52. The van der Waals surface area contributed by atoms with E-state index >= 15 is 0 Å². The lowest BCUT2D eigenvalue weighted by Gasteiger charge is -2.35. The van der Waals surface area contributed by atoms with Crippen LogP contribution in [0.3, 0.4) is 0 Å². The van der Waals surface area contributed by atoms with Crippen LogP contribution in [0, 0.1) is 0 Å². The third-order valence-corrected chi connectivity index (χ3v) is 4.95. The number of hydrogen-bond donors (Lipinski definition) is 2. The van der Waals surface area contributed by atoms with Gasteiger partial charge in [0.2, 0.25) is 5.91 Å². The molecule has 1 aromatic carbocycles. The van der Waals surface area contributed by atoms with Gasteiger partial charge in [0.1, 0.15) is 0 Å². The maximum absolute atomic E-state index is 12.4. The quantitative estimate of drug-likeness (QED) is 0.715. The number of ether oxygens (including phenoxy) is 2. The second kappa shape index (κ2) is 11.3. The third-order valence-electron chi connectivity index (χ3n) is 4.95. The fourth-order valence-corrected chi connectivity index (χ4v) is 3.27. The Bertz CT molecular complexity index is 571. The molecule has 1 aliphatic heterocycles. The first-order valence-electron chi connectivity index (χ1n) is 8.99. The van der Waals surface area contributed by atoms with E-state index in [1.807, 2.05) is 32.2 Å². The SMILES string of the molecule is CNC1CCCN(C(C)C(=O)NCCc2ccc(OC)c(OC)c2)C1.Cl. The molecule has 2 rings (SSSR count). The van der Waals surface area contributed by atoms with Gasteiger partial charge in [0.15, 0.2) is 11.5 Å². The van der Waals surface area contributed by atoms with E-state index in [4.69, 9.17) is 9.47 Å². The molecule has 26 heavy (non-hydrogen) atoms. The number of carbonyl (C=O) groups excluding carboxylic acids is 1. The molecule has 0 aliphatic carbocycles. The van der Waals surface area contributed by atoms with Crippen molar-refractivity contribution in [3.05, 3.63) is 23.8 Å². The number of halogens is 1. The van der Waals surface area contributed by atoms with Crippen LogP contribution in [-0.4, -0.2) is 63.8 Å². The minimum atomic E-state index is -0.0958. The molecule has 6 nitrogen and oxygen atoms in total. The van der Waals surface area contributed by atoms with E-state index < -0.39 is 0 Å². The normalized spacial score (nSPS) is 18.5. The number of methoxy groups -OCH3 is 2. The monoisotopic (exact) mass is 385 g/mol. The molecule has 0 radical (unpaired) electrons. The van der Waals surface area contributed by atoms with Gasteiger partial charge in [0.25, 0.3) is 0 Å². The van der Waals surface area contributed by atoms with E-state index in [9.17, 15) is 4.79 Å². The van der Waals surface area contributed by atoms with Crippen LogP contribution in [0.4, 0.5) is 0 Å². The summed E-state index contributed by atoms with van der Waals surface area (Å²) >= 11 is 0. The highest BCUT2D eigenvalue weighted by molar-refractivity contribution is 5.85. The fourth-order valence-electron chi connectivity index (χ4n) is 3.27. The summed E-state index contributed by atoms with van der Waals surface area (Å²) in [5.41, 5.74) is 1.11. The Kier molecular flexibility index (Phi) is 9.76. The van der Waals surface area contributed by atoms with Crippen molar-refractivity contribution in [3.63, 3.8) is 0 Å². The van der Waals surface area contributed by atoms with Crippen LogP contribution >= 0.6 is 12.4 Å². The Labute approximate surface area is 163 Å². The predicted octanol–water partition coefficient (Wildman–Crippen LogP) is 1.86. The van der Waals surface area contributed by atoms with Crippen molar-refractivity contribution in [2.24, 2.45) is 0 Å². The number of carbonyl (C=O) groups is 1. The summed E-state index contributed by atoms with van der Waals surface area (Å²) in [6.07, 6.45) is 3.08. The summed E-state index contributed by atoms with van der Waals surface area (Å²) in [5.74, 6) is 1.52. The summed E-state index contributed by atoms with van der Waals surface area (Å²) in [6, 6.07) is 6.23. The van der Waals surface area contributed by atoms with Crippen LogP contribution in [-0.2, 0) is 11.2 Å². The van der Waals surface area contributed by atoms with Gasteiger partial charge >= 0.3 is 0 Å². The van der Waals surface area contributed by atoms with Gasteiger partial charge in [-0.25, -0.2) is 0 Å². The van der Waals surface area contributed by atoms with Crippen LogP contribution in [0.1, 0.15) is 25.3 Å². The van der Waals surface area contributed by atoms with Crippen molar-refractivity contribution < 1.29 is 14.3 Å². The number of nitrogens with zero attached hydrogens (tertiary/aromatic N) is 1. The number of amides is 1. The van der Waals surface area contributed by atoms with E-state index in [0.29, 0.717) is 24.1 Å². The number of benzene rings is 1. The van der Waals surface area contributed by atoms with Crippen LogP contribution < -0.4 is 20.1 Å². The standard InChI is InChI=1S/C19H31N3O3.ClH/c1-14(22-11-5-6-16(13-22)20-2)19(23)21-10-9-15-7-8-17(24-3)18(12-15)25-4;/h7-8,12,14,16,20H,5-6,9-11,13H2,1-4H3,(H,21,23);1H. The zero-order valence-electron chi connectivity index (χ0n) is 16.2. The van der Waals surface area contributed by atoms with Crippen molar-refractivity contribution in [2.75, 3.05) is 40.9 Å². The van der Waals surface area contributed by atoms with Crippen LogP contribution in [0.2, 0.25) is 0 Å². The Morgan fingerprint density at radius 2 is 2.04 bits per heavy atom. The number of likely N-dealkylation sites (N-methyl/N-ethyl adjacent to an activating group) is 1. The lowest BCUT2D eigenvalue weighted by molar-refractivity contribution is -0.126. The molecule has 1 aliphatic rings. The summed E-state index contributed by atoms with van der Waals surface area (Å²) in [5, 5.41) is 6.37. The minimum absolute atomic E-state index is 0. The van der Waals surface area contributed by atoms with Crippen molar-refractivity contribution >= 4 is 18.3 Å². The molecule has 1 saturated heterocycles. The van der Waals surface area contributed by atoms with Crippen molar-refractivity contribution in [2.45, 2.75) is 38.3 Å². The first kappa shape index (κ1) is 22.5. The van der Waals surface area contributed by atoms with Crippen LogP contribution in [0.5, 0.6) is 11.5 Å². The molecular formula is C19H32ClN3O3. The molecule has 2 unspecified atom stereocenters. The van der Waals surface area contributed by atoms with Gasteiger partial charge in [-0.1, -0.05) is 6.07 Å². The molecule has 148 valence electrons. The van der Waals surface area contributed by atoms with Gasteiger partial charge in [-0.05, 0) is 57.5 Å². The van der Waals surface area contributed by atoms with E-state index in [0.717, 1.165) is 31.5 Å². The molecular weight excluding hydrogens is 354 g/mol. The Hall–Kier alpha value is -1.50. The zero-order chi connectivity index (χ0) is 18.2. The fraction of sp³-hybridized carbons (Fsp3) is 0.632. The van der Waals surface area contributed by atoms with Gasteiger partial charge in [0.05, 0.1) is 20.3 Å². The highest BCUT2D eigenvalue weighted by Crippen LogP contribution is 2.27. The molecule has 1 fully saturated rings. The van der Waals surface area contributed by atoms with E-state index in [-0.39, 0.29) is 24.4 Å². The van der Waals surface area contributed by atoms with E-state index in [2.05, 4.69) is 15.5 Å². The Balaban J connectivity index is 0.00000338. The number of likely N-dealkylation sites (tertiary alicyclic amines) is 1. The number of nitrogens with one attached hydrogen (secondary N) is 2. The smallest absolute Gasteiger partial charge is 0.237 e. The summed E-state index contributed by atoms with van der Waals surface area (Å²) < 4.78 is 10.6. The van der Waals surface area contributed by atoms with Gasteiger partial charge in [-0.2, -0.15) is 0 Å². The summed E-state index contributed by atoms with van der Waals surface area (Å²) in [7, 11) is 5.24. The van der Waals surface area contributed by atoms with Crippen molar-refractivity contribution in [3.8, 4) is 11.5 Å². The Morgan fingerprint density at radius 3 is 2.69 bits per heavy atom. The average molecular weight is 386 g/mol. The topological polar surface area (TPSA) is 62.8 Å². The first-order chi connectivity index (χ1) is 12.1. The zero-order valence-corrected chi connectivity index (χ0v) is 17.0. The largest absolute Gasteiger partial charge is 0.493 e. The molecule has 1 aromatic rings. The highest BCUT2D eigenvalue weighted by atomic mass is 35.5. The average Bonchev–Trinajstić information content (AvgIpc) is 2.67. The predicted molar refractivity (Wildman–Crippen MR) is 107 cm³/mol. The van der Waals surface area contributed by atoms with Gasteiger partial charge in [-0.3, -0.25) is 9.69 Å². The van der Waals surface area contributed by atoms with Crippen LogP contribution in [0.15, 0.2) is 18.2 Å². The maximum Gasteiger partial charge on any atom is 0.237 e. The van der Waals surface area contributed by atoms with E-state index in [1.165, 1.54) is 6.42 Å².